The molecule has 104 valence electrons. The Morgan fingerprint density at radius 1 is 1.50 bits per heavy atom. The molecule has 2 N–H and O–H groups in total. The van der Waals surface area contributed by atoms with Crippen LogP contribution in [0, 0.1) is 0 Å². The first-order valence-electron chi connectivity index (χ1n) is 6.92. The van der Waals surface area contributed by atoms with E-state index in [0.717, 1.165) is 37.8 Å². The van der Waals surface area contributed by atoms with Crippen LogP contribution in [0.15, 0.2) is 0 Å². The molecule has 0 aromatic rings. The molecule has 3 unspecified atom stereocenters. The highest BCUT2D eigenvalue weighted by molar-refractivity contribution is 7.99. The summed E-state index contributed by atoms with van der Waals surface area (Å²) in [6.45, 7) is 2.41. The molecule has 0 aromatic carbocycles. The number of carbonyl (C=O) groups excluding carboxylic acids is 1. The van der Waals surface area contributed by atoms with Gasteiger partial charge in [-0.15, -0.1) is 0 Å². The number of hydrogen-bond donors (Lipinski definition) is 2. The molecule has 1 aliphatic heterocycles. The Labute approximate surface area is 114 Å². The molecule has 1 saturated carbocycles. The Bertz CT molecular complexity index is 270. The van der Waals surface area contributed by atoms with Crippen LogP contribution in [-0.4, -0.2) is 49.3 Å². The molecule has 2 fully saturated rings. The van der Waals surface area contributed by atoms with Crippen LogP contribution in [0.1, 0.15) is 32.1 Å². The lowest BCUT2D eigenvalue weighted by molar-refractivity contribution is -0.125. The van der Waals surface area contributed by atoms with Gasteiger partial charge in [0.1, 0.15) is 0 Å². The summed E-state index contributed by atoms with van der Waals surface area (Å²) in [5, 5.41) is 7.14. The smallest absolute Gasteiger partial charge is 0.222 e. The maximum atomic E-state index is 11.9. The number of nitrogens with one attached hydrogen (secondary N) is 2. The van der Waals surface area contributed by atoms with Gasteiger partial charge < -0.3 is 15.4 Å². The van der Waals surface area contributed by atoms with E-state index < -0.39 is 0 Å². The quantitative estimate of drug-likeness (QED) is 0.806. The van der Waals surface area contributed by atoms with E-state index in [0.29, 0.717) is 12.5 Å². The summed E-state index contributed by atoms with van der Waals surface area (Å²) in [7, 11) is 0. The maximum absolute atomic E-state index is 11.9. The topological polar surface area (TPSA) is 50.4 Å². The predicted molar refractivity (Wildman–Crippen MR) is 74.9 cm³/mol. The molecule has 1 saturated heterocycles. The van der Waals surface area contributed by atoms with Gasteiger partial charge in [-0.25, -0.2) is 0 Å². The molecular weight excluding hydrogens is 248 g/mol. The van der Waals surface area contributed by atoms with Crippen molar-refractivity contribution in [3.05, 3.63) is 0 Å². The standard InChI is InChI=1S/C13H24N2O2S/c1-18-12-4-2-3-10(7-12)15-13(16)8-11-9-14-5-6-17-11/h10-12,14H,2-9H2,1H3,(H,15,16). The van der Waals surface area contributed by atoms with Crippen LogP contribution in [0.3, 0.4) is 0 Å². The molecular formula is C13H24N2O2S. The minimum atomic E-state index is 0.0543. The van der Waals surface area contributed by atoms with Crippen molar-refractivity contribution in [2.45, 2.75) is 49.5 Å². The molecule has 18 heavy (non-hydrogen) atoms. The highest BCUT2D eigenvalue weighted by Gasteiger charge is 2.24. The molecule has 1 aliphatic carbocycles. The third-order valence-corrected chi connectivity index (χ3v) is 4.84. The van der Waals surface area contributed by atoms with Gasteiger partial charge in [-0.1, -0.05) is 6.42 Å². The first-order chi connectivity index (χ1) is 8.78. The van der Waals surface area contributed by atoms with Gasteiger partial charge in [-0.2, -0.15) is 11.8 Å². The molecule has 0 aromatic heterocycles. The van der Waals surface area contributed by atoms with E-state index in [1.54, 1.807) is 0 Å². The van der Waals surface area contributed by atoms with Gasteiger partial charge in [-0.05, 0) is 25.5 Å². The second-order valence-corrected chi connectivity index (χ2v) is 6.33. The normalized spacial score (nSPS) is 33.1. The van der Waals surface area contributed by atoms with Crippen molar-refractivity contribution in [3.63, 3.8) is 0 Å². The average molecular weight is 272 g/mol. The van der Waals surface area contributed by atoms with E-state index in [1.165, 1.54) is 12.8 Å². The molecule has 0 spiro atoms. The predicted octanol–water partition coefficient (Wildman–Crippen LogP) is 1.16. The fraction of sp³-hybridized carbons (Fsp3) is 0.923. The third-order valence-electron chi connectivity index (χ3n) is 3.74. The minimum Gasteiger partial charge on any atom is -0.375 e. The number of hydrogen-bond acceptors (Lipinski definition) is 4. The molecule has 0 radical (unpaired) electrons. The summed E-state index contributed by atoms with van der Waals surface area (Å²) in [6.07, 6.45) is 7.49. The SMILES string of the molecule is CSC1CCCC(NC(=O)CC2CNCCO2)C1. The van der Waals surface area contributed by atoms with Gasteiger partial charge in [0, 0.05) is 24.4 Å². The number of ether oxygens (including phenoxy) is 1. The number of amides is 1. The Kier molecular flexibility index (Phi) is 5.79. The van der Waals surface area contributed by atoms with Crippen molar-refractivity contribution in [2.24, 2.45) is 0 Å². The maximum Gasteiger partial charge on any atom is 0.222 e. The number of rotatable bonds is 4. The number of carbonyl (C=O) groups is 1. The second-order valence-electron chi connectivity index (χ2n) is 5.19. The van der Waals surface area contributed by atoms with E-state index in [2.05, 4.69) is 16.9 Å². The molecule has 0 bridgehead atoms. The lowest BCUT2D eigenvalue weighted by Gasteiger charge is -2.29. The molecule has 4 nitrogen and oxygen atoms in total. The summed E-state index contributed by atoms with van der Waals surface area (Å²) < 4.78 is 5.55. The van der Waals surface area contributed by atoms with Gasteiger partial charge in [0.15, 0.2) is 0 Å². The molecule has 2 aliphatic rings. The van der Waals surface area contributed by atoms with Crippen molar-refractivity contribution in [1.82, 2.24) is 10.6 Å². The van der Waals surface area contributed by atoms with Gasteiger partial charge in [-0.3, -0.25) is 4.79 Å². The zero-order chi connectivity index (χ0) is 12.8. The van der Waals surface area contributed by atoms with Crippen molar-refractivity contribution in [2.75, 3.05) is 26.0 Å². The van der Waals surface area contributed by atoms with Gasteiger partial charge in [0.2, 0.25) is 5.91 Å². The van der Waals surface area contributed by atoms with Crippen molar-refractivity contribution in [3.8, 4) is 0 Å². The van der Waals surface area contributed by atoms with Crippen molar-refractivity contribution < 1.29 is 9.53 Å². The summed E-state index contributed by atoms with van der Waals surface area (Å²) in [5.41, 5.74) is 0. The Morgan fingerprint density at radius 3 is 3.11 bits per heavy atom. The van der Waals surface area contributed by atoms with Crippen molar-refractivity contribution >= 4 is 17.7 Å². The first-order valence-corrected chi connectivity index (χ1v) is 8.21. The molecule has 2 rings (SSSR count). The summed E-state index contributed by atoms with van der Waals surface area (Å²) in [4.78, 5) is 11.9. The van der Waals surface area contributed by atoms with Crippen LogP contribution in [-0.2, 0) is 9.53 Å². The third kappa shape index (κ3) is 4.44. The zero-order valence-corrected chi connectivity index (χ0v) is 11.9. The zero-order valence-electron chi connectivity index (χ0n) is 11.1. The monoisotopic (exact) mass is 272 g/mol. The molecule has 1 amide bonds. The Balaban J connectivity index is 1.69. The van der Waals surface area contributed by atoms with E-state index in [1.807, 2.05) is 11.8 Å². The first kappa shape index (κ1) is 14.2. The molecule has 3 atom stereocenters. The van der Waals surface area contributed by atoms with E-state index in [-0.39, 0.29) is 12.0 Å². The van der Waals surface area contributed by atoms with Crippen LogP contribution in [0.2, 0.25) is 0 Å². The highest BCUT2D eigenvalue weighted by atomic mass is 32.2. The van der Waals surface area contributed by atoms with Crippen LogP contribution in [0.5, 0.6) is 0 Å². The fourth-order valence-corrected chi connectivity index (χ4v) is 3.56. The summed E-state index contributed by atoms with van der Waals surface area (Å²) in [6, 6.07) is 0.375. The van der Waals surface area contributed by atoms with Crippen LogP contribution >= 0.6 is 11.8 Å². The Morgan fingerprint density at radius 2 is 2.39 bits per heavy atom. The van der Waals surface area contributed by atoms with Gasteiger partial charge >= 0.3 is 0 Å². The van der Waals surface area contributed by atoms with Crippen LogP contribution < -0.4 is 10.6 Å². The molecule has 5 heteroatoms. The lowest BCUT2D eigenvalue weighted by Crippen LogP contribution is -2.44. The van der Waals surface area contributed by atoms with E-state index in [9.17, 15) is 4.79 Å². The summed E-state index contributed by atoms with van der Waals surface area (Å²) >= 11 is 1.93. The van der Waals surface area contributed by atoms with Crippen molar-refractivity contribution in [1.29, 1.82) is 0 Å². The number of morpholine rings is 1. The summed E-state index contributed by atoms with van der Waals surface area (Å²) in [5.74, 6) is 0.149. The second kappa shape index (κ2) is 7.36. The fourth-order valence-electron chi connectivity index (χ4n) is 2.73. The van der Waals surface area contributed by atoms with Gasteiger partial charge in [0.05, 0.1) is 19.1 Å². The average Bonchev–Trinajstić information content (AvgIpc) is 2.40. The molecule has 1 heterocycles. The minimum absolute atomic E-state index is 0.0543. The van der Waals surface area contributed by atoms with Crippen LogP contribution in [0.4, 0.5) is 0 Å². The van der Waals surface area contributed by atoms with Gasteiger partial charge in [0.25, 0.3) is 0 Å². The van der Waals surface area contributed by atoms with E-state index in [4.69, 9.17) is 4.74 Å². The van der Waals surface area contributed by atoms with Crippen LogP contribution in [0.25, 0.3) is 0 Å². The highest BCUT2D eigenvalue weighted by Crippen LogP contribution is 2.26. The Hall–Kier alpha value is -0.260. The number of thioether (sulfide) groups is 1. The van der Waals surface area contributed by atoms with E-state index >= 15 is 0 Å². The largest absolute Gasteiger partial charge is 0.375 e. The lowest BCUT2D eigenvalue weighted by atomic mass is 9.95.